The summed E-state index contributed by atoms with van der Waals surface area (Å²) < 4.78 is 1.10. The highest BCUT2D eigenvalue weighted by Crippen LogP contribution is 2.25. The van der Waals surface area contributed by atoms with Crippen molar-refractivity contribution in [3.8, 4) is 11.6 Å². The zero-order chi connectivity index (χ0) is 17.4. The fraction of sp³-hybridized carbons (Fsp3) is 0. The Morgan fingerprint density at radius 1 is 1.08 bits per heavy atom. The number of hydrogen-bond acceptors (Lipinski definition) is 4. The molecule has 0 amide bonds. The maximum Gasteiger partial charge on any atom is 0.335 e. The van der Waals surface area contributed by atoms with Crippen LogP contribution < -0.4 is 11.2 Å². The smallest absolute Gasteiger partial charge is 0.335 e. The van der Waals surface area contributed by atoms with E-state index >= 15 is 0 Å². The van der Waals surface area contributed by atoms with Gasteiger partial charge in [-0.25, -0.2) is 9.36 Å². The Morgan fingerprint density at radius 3 is 2.68 bits per heavy atom. The second-order valence-electron chi connectivity index (χ2n) is 5.54. The predicted molar refractivity (Wildman–Crippen MR) is 97.4 cm³/mol. The molecule has 6 nitrogen and oxygen atoms in total. The van der Waals surface area contributed by atoms with Crippen molar-refractivity contribution in [3.05, 3.63) is 86.7 Å². The Morgan fingerprint density at radius 2 is 1.88 bits per heavy atom. The third-order valence-electron chi connectivity index (χ3n) is 4.00. The summed E-state index contributed by atoms with van der Waals surface area (Å²) in [7, 11) is 0. The van der Waals surface area contributed by atoms with Crippen molar-refractivity contribution in [1.29, 1.82) is 0 Å². The molecule has 0 spiro atoms. The number of aromatic hydroxyl groups is 1. The first kappa shape index (κ1) is 14.9. The number of benzene rings is 2. The number of H-pyrrole nitrogens is 1. The van der Waals surface area contributed by atoms with Gasteiger partial charge in [-0.05, 0) is 29.7 Å². The van der Waals surface area contributed by atoms with Crippen molar-refractivity contribution in [2.75, 3.05) is 0 Å². The van der Waals surface area contributed by atoms with E-state index in [0.717, 1.165) is 15.3 Å². The zero-order valence-corrected chi connectivity index (χ0v) is 13.0. The lowest BCUT2D eigenvalue weighted by Crippen LogP contribution is -2.30. The summed E-state index contributed by atoms with van der Waals surface area (Å²) in [4.78, 5) is 30.8. The Kier molecular flexibility index (Phi) is 3.43. The van der Waals surface area contributed by atoms with Gasteiger partial charge in [0.15, 0.2) is 0 Å². The maximum atomic E-state index is 12.4. The lowest BCUT2D eigenvalue weighted by Gasteiger charge is -2.12. The number of aromatic amines is 1. The molecule has 0 atom stereocenters. The molecular formula is C19H13N3O3. The van der Waals surface area contributed by atoms with E-state index in [1.54, 1.807) is 30.5 Å². The van der Waals surface area contributed by atoms with Gasteiger partial charge in [-0.3, -0.25) is 14.8 Å². The number of fused-ring (bicyclic) bond motifs is 1. The highest BCUT2D eigenvalue weighted by molar-refractivity contribution is 5.90. The second-order valence-corrected chi connectivity index (χ2v) is 5.54. The standard InChI is InChI=1S/C19H13N3O3/c23-17-15(11-13-7-4-10-20-13)18(24)22(19(25)21-17)16-9-3-6-12-5-1-2-8-14(12)16/h1-11,24H,(H,21,23,25)/b13-11+. The Hall–Kier alpha value is -3.67. The van der Waals surface area contributed by atoms with E-state index < -0.39 is 17.1 Å². The molecule has 1 aliphatic rings. The van der Waals surface area contributed by atoms with Gasteiger partial charge in [0.25, 0.3) is 5.56 Å². The van der Waals surface area contributed by atoms with Crippen LogP contribution in [0.15, 0.2) is 74.9 Å². The number of aliphatic imine (C=N–C) groups is 1. The van der Waals surface area contributed by atoms with Crippen LogP contribution >= 0.6 is 0 Å². The van der Waals surface area contributed by atoms with E-state index in [1.165, 1.54) is 6.08 Å². The van der Waals surface area contributed by atoms with E-state index in [2.05, 4.69) is 9.98 Å². The molecule has 2 heterocycles. The van der Waals surface area contributed by atoms with Crippen molar-refractivity contribution in [1.82, 2.24) is 9.55 Å². The van der Waals surface area contributed by atoms with Gasteiger partial charge in [-0.1, -0.05) is 36.4 Å². The molecule has 0 aliphatic carbocycles. The molecule has 0 bridgehead atoms. The molecule has 0 unspecified atom stereocenters. The average molecular weight is 331 g/mol. The first-order valence-corrected chi connectivity index (χ1v) is 7.64. The Bertz CT molecular complexity index is 1180. The number of nitrogens with one attached hydrogen (secondary N) is 1. The van der Waals surface area contributed by atoms with Crippen LogP contribution in [-0.2, 0) is 0 Å². The van der Waals surface area contributed by atoms with Gasteiger partial charge in [-0.15, -0.1) is 0 Å². The first-order chi connectivity index (χ1) is 12.1. The van der Waals surface area contributed by atoms with E-state index in [1.807, 2.05) is 30.3 Å². The molecule has 0 saturated carbocycles. The number of rotatable bonds is 2. The summed E-state index contributed by atoms with van der Waals surface area (Å²) in [6.07, 6.45) is 6.44. The summed E-state index contributed by atoms with van der Waals surface area (Å²) in [5.74, 6) is -0.423. The summed E-state index contributed by atoms with van der Waals surface area (Å²) in [5.41, 5.74) is -0.384. The predicted octanol–water partition coefficient (Wildman–Crippen LogP) is 2.37. The normalized spacial score (nSPS) is 14.6. The lowest BCUT2D eigenvalue weighted by molar-refractivity contribution is 0.430. The number of hydrogen-bond donors (Lipinski definition) is 2. The van der Waals surface area contributed by atoms with Crippen LogP contribution in [0.4, 0.5) is 0 Å². The third-order valence-corrected chi connectivity index (χ3v) is 4.00. The third kappa shape index (κ3) is 2.49. The second kappa shape index (κ2) is 5.76. The largest absolute Gasteiger partial charge is 0.494 e. The van der Waals surface area contributed by atoms with E-state index in [-0.39, 0.29) is 5.56 Å². The van der Waals surface area contributed by atoms with E-state index in [4.69, 9.17) is 0 Å². The molecule has 4 rings (SSSR count). The van der Waals surface area contributed by atoms with Gasteiger partial charge in [0.2, 0.25) is 5.88 Å². The highest BCUT2D eigenvalue weighted by atomic mass is 16.3. The van der Waals surface area contributed by atoms with E-state index in [9.17, 15) is 14.7 Å². The van der Waals surface area contributed by atoms with Gasteiger partial charge >= 0.3 is 5.69 Å². The quantitative estimate of drug-likeness (QED) is 0.756. The minimum atomic E-state index is -0.702. The summed E-state index contributed by atoms with van der Waals surface area (Å²) in [6, 6.07) is 12.9. The SMILES string of the molecule is O=c1[nH]c(=O)n(-c2cccc3ccccc23)c(O)c1/C=C1\C=CC=N1. The van der Waals surface area contributed by atoms with Gasteiger partial charge in [0.1, 0.15) is 5.56 Å². The summed E-state index contributed by atoms with van der Waals surface area (Å²) in [5, 5.41) is 12.3. The number of nitrogens with zero attached hydrogens (tertiary/aromatic N) is 2. The van der Waals surface area contributed by atoms with Crippen LogP contribution in [0.25, 0.3) is 22.5 Å². The minimum absolute atomic E-state index is 0.0220. The highest BCUT2D eigenvalue weighted by Gasteiger charge is 2.16. The molecule has 122 valence electrons. The Labute approximate surface area is 141 Å². The van der Waals surface area contributed by atoms with Crippen LogP contribution in [0.3, 0.4) is 0 Å². The van der Waals surface area contributed by atoms with Crippen LogP contribution in [0.2, 0.25) is 0 Å². The van der Waals surface area contributed by atoms with Gasteiger partial charge < -0.3 is 5.11 Å². The molecule has 0 fully saturated rings. The van der Waals surface area contributed by atoms with Gasteiger partial charge in [0, 0.05) is 11.6 Å². The molecule has 3 aromatic rings. The molecule has 0 radical (unpaired) electrons. The van der Waals surface area contributed by atoms with E-state index in [0.29, 0.717) is 11.4 Å². The maximum absolute atomic E-state index is 12.4. The molecule has 6 heteroatoms. The fourth-order valence-corrected chi connectivity index (χ4v) is 2.84. The molecule has 0 saturated heterocycles. The van der Waals surface area contributed by atoms with Gasteiger partial charge in [0.05, 0.1) is 11.4 Å². The van der Waals surface area contributed by atoms with Gasteiger partial charge in [-0.2, -0.15) is 0 Å². The first-order valence-electron chi connectivity index (χ1n) is 7.64. The van der Waals surface area contributed by atoms with Crippen LogP contribution in [0, 0.1) is 0 Å². The molecule has 1 aliphatic heterocycles. The van der Waals surface area contributed by atoms with Crippen LogP contribution in [0.1, 0.15) is 5.56 Å². The molecule has 25 heavy (non-hydrogen) atoms. The fourth-order valence-electron chi connectivity index (χ4n) is 2.84. The van der Waals surface area contributed by atoms with Crippen molar-refractivity contribution in [3.63, 3.8) is 0 Å². The molecular weight excluding hydrogens is 318 g/mol. The summed E-state index contributed by atoms with van der Waals surface area (Å²) >= 11 is 0. The topological polar surface area (TPSA) is 87.5 Å². The minimum Gasteiger partial charge on any atom is -0.494 e. The number of aromatic nitrogens is 2. The lowest BCUT2D eigenvalue weighted by atomic mass is 10.1. The summed E-state index contributed by atoms with van der Waals surface area (Å²) in [6.45, 7) is 0. The van der Waals surface area contributed by atoms with Crippen LogP contribution in [-0.4, -0.2) is 20.9 Å². The molecule has 2 aromatic carbocycles. The van der Waals surface area contributed by atoms with Crippen molar-refractivity contribution in [2.45, 2.75) is 0 Å². The van der Waals surface area contributed by atoms with Crippen molar-refractivity contribution >= 4 is 23.1 Å². The zero-order valence-electron chi connectivity index (χ0n) is 13.0. The monoisotopic (exact) mass is 331 g/mol. The molecule has 2 N–H and O–H groups in total. The van der Waals surface area contributed by atoms with Crippen LogP contribution in [0.5, 0.6) is 5.88 Å². The average Bonchev–Trinajstić information content (AvgIpc) is 3.12. The number of allylic oxidation sites excluding steroid dienone is 2. The van der Waals surface area contributed by atoms with Crippen molar-refractivity contribution < 1.29 is 5.11 Å². The van der Waals surface area contributed by atoms with Crippen molar-refractivity contribution in [2.24, 2.45) is 4.99 Å². The Balaban J connectivity index is 2.04. The molecule has 1 aromatic heterocycles.